The number of nitrogens with one attached hydrogen (secondary N) is 1. The zero-order valence-corrected chi connectivity index (χ0v) is 14.1. The fourth-order valence-corrected chi connectivity index (χ4v) is 2.95. The minimum atomic E-state index is -0.205. The Labute approximate surface area is 146 Å². The number of aromatic nitrogens is 1. The summed E-state index contributed by atoms with van der Waals surface area (Å²) in [6, 6.07) is 12.7. The maximum Gasteiger partial charge on any atom is 0.255 e. The highest BCUT2D eigenvalue weighted by Crippen LogP contribution is 2.21. The van der Waals surface area contributed by atoms with Crippen LogP contribution >= 0.6 is 0 Å². The highest BCUT2D eigenvalue weighted by atomic mass is 16.5. The molecule has 1 unspecified atom stereocenters. The monoisotopic (exact) mass is 339 g/mol. The maximum absolute atomic E-state index is 12.6. The molecule has 1 N–H and O–H groups in total. The summed E-state index contributed by atoms with van der Waals surface area (Å²) in [5.41, 5.74) is 1.28. The van der Waals surface area contributed by atoms with E-state index >= 15 is 0 Å². The number of benzene rings is 1. The fraction of sp³-hybridized carbons (Fsp3) is 0.316. The van der Waals surface area contributed by atoms with E-state index in [4.69, 9.17) is 4.74 Å². The second-order valence-electron chi connectivity index (χ2n) is 6.03. The zero-order valence-electron chi connectivity index (χ0n) is 14.1. The molecule has 0 radical (unpaired) electrons. The van der Waals surface area contributed by atoms with Crippen LogP contribution in [-0.4, -0.2) is 41.9 Å². The first kappa shape index (κ1) is 17.0. The predicted molar refractivity (Wildman–Crippen MR) is 94.5 cm³/mol. The van der Waals surface area contributed by atoms with E-state index in [1.807, 2.05) is 30.3 Å². The first-order chi connectivity index (χ1) is 12.2. The number of pyridine rings is 1. The number of anilines is 1. The number of hydrogen-bond acceptors (Lipinski definition) is 4. The molecule has 1 saturated heterocycles. The van der Waals surface area contributed by atoms with Gasteiger partial charge in [-0.2, -0.15) is 0 Å². The smallest absolute Gasteiger partial charge is 0.255 e. The summed E-state index contributed by atoms with van der Waals surface area (Å²) >= 11 is 0. The van der Waals surface area contributed by atoms with Crippen molar-refractivity contribution in [3.8, 4) is 5.88 Å². The van der Waals surface area contributed by atoms with Gasteiger partial charge in [0.05, 0.1) is 18.6 Å². The van der Waals surface area contributed by atoms with Gasteiger partial charge in [-0.25, -0.2) is 4.98 Å². The Morgan fingerprint density at radius 3 is 2.68 bits per heavy atom. The van der Waals surface area contributed by atoms with Crippen LogP contribution in [0, 0.1) is 5.92 Å². The van der Waals surface area contributed by atoms with E-state index in [2.05, 4.69) is 10.3 Å². The van der Waals surface area contributed by atoms with Gasteiger partial charge in [0, 0.05) is 31.0 Å². The van der Waals surface area contributed by atoms with Crippen LogP contribution in [0.3, 0.4) is 0 Å². The minimum absolute atomic E-state index is 0.0449. The Morgan fingerprint density at radius 1 is 1.20 bits per heavy atom. The second kappa shape index (κ2) is 7.79. The van der Waals surface area contributed by atoms with Gasteiger partial charge in [0.15, 0.2) is 0 Å². The zero-order chi connectivity index (χ0) is 17.6. The molecule has 0 spiro atoms. The molecular formula is C19H21N3O3. The average molecular weight is 339 g/mol. The minimum Gasteiger partial charge on any atom is -0.481 e. The molecule has 1 aliphatic heterocycles. The molecule has 1 fully saturated rings. The van der Waals surface area contributed by atoms with Crippen LogP contribution in [0.4, 0.5) is 5.69 Å². The number of rotatable bonds is 4. The van der Waals surface area contributed by atoms with E-state index in [1.54, 1.807) is 17.0 Å². The van der Waals surface area contributed by atoms with E-state index in [1.165, 1.54) is 13.3 Å². The average Bonchev–Trinajstić information content (AvgIpc) is 2.68. The lowest BCUT2D eigenvalue weighted by molar-refractivity contribution is -0.121. The molecule has 2 heterocycles. The quantitative estimate of drug-likeness (QED) is 0.929. The number of ether oxygens (including phenoxy) is 1. The number of methoxy groups -OCH3 is 1. The van der Waals surface area contributed by atoms with E-state index in [9.17, 15) is 9.59 Å². The Hall–Kier alpha value is -2.89. The molecule has 0 bridgehead atoms. The molecule has 130 valence electrons. The van der Waals surface area contributed by atoms with Crippen LogP contribution < -0.4 is 10.1 Å². The van der Waals surface area contributed by atoms with Gasteiger partial charge in [-0.1, -0.05) is 18.2 Å². The van der Waals surface area contributed by atoms with Crippen LogP contribution in [0.15, 0.2) is 48.7 Å². The molecule has 6 nitrogen and oxygen atoms in total. The normalized spacial score (nSPS) is 17.0. The Morgan fingerprint density at radius 2 is 2.00 bits per heavy atom. The summed E-state index contributed by atoms with van der Waals surface area (Å²) in [4.78, 5) is 30.9. The molecule has 1 aromatic heterocycles. The highest BCUT2D eigenvalue weighted by Gasteiger charge is 2.29. The number of carbonyl (C=O) groups is 2. The molecule has 2 aromatic rings. The summed E-state index contributed by atoms with van der Waals surface area (Å²) in [5.74, 6) is 0.114. The molecule has 0 aliphatic carbocycles. The standard InChI is InChI=1S/C19H21N3O3/c1-25-17-10-9-14(12-20-17)19(24)22-11-5-6-15(13-22)18(23)21-16-7-3-2-4-8-16/h2-4,7-10,12,15H,5-6,11,13H2,1H3,(H,21,23). The lowest BCUT2D eigenvalue weighted by atomic mass is 9.96. The molecule has 6 heteroatoms. The van der Waals surface area contributed by atoms with Crippen LogP contribution in [0.25, 0.3) is 0 Å². The lowest BCUT2D eigenvalue weighted by Gasteiger charge is -2.32. The van der Waals surface area contributed by atoms with Crippen molar-refractivity contribution in [1.82, 2.24) is 9.88 Å². The van der Waals surface area contributed by atoms with Gasteiger partial charge in [0.25, 0.3) is 5.91 Å². The van der Waals surface area contributed by atoms with E-state index in [0.717, 1.165) is 18.5 Å². The third-order valence-corrected chi connectivity index (χ3v) is 4.31. The van der Waals surface area contributed by atoms with Crippen molar-refractivity contribution in [2.75, 3.05) is 25.5 Å². The van der Waals surface area contributed by atoms with E-state index in [0.29, 0.717) is 24.5 Å². The van der Waals surface area contributed by atoms with Gasteiger partial charge in [0.1, 0.15) is 0 Å². The fourth-order valence-electron chi connectivity index (χ4n) is 2.95. The molecule has 25 heavy (non-hydrogen) atoms. The van der Waals surface area contributed by atoms with Crippen molar-refractivity contribution in [3.05, 3.63) is 54.2 Å². The third-order valence-electron chi connectivity index (χ3n) is 4.31. The van der Waals surface area contributed by atoms with Gasteiger partial charge in [0.2, 0.25) is 11.8 Å². The van der Waals surface area contributed by atoms with Gasteiger partial charge in [-0.15, -0.1) is 0 Å². The van der Waals surface area contributed by atoms with Crippen molar-refractivity contribution in [3.63, 3.8) is 0 Å². The number of piperidine rings is 1. The molecule has 0 saturated carbocycles. The van der Waals surface area contributed by atoms with Gasteiger partial charge >= 0.3 is 0 Å². The van der Waals surface area contributed by atoms with Crippen LogP contribution in [0.5, 0.6) is 5.88 Å². The molecule has 1 aromatic carbocycles. The van der Waals surface area contributed by atoms with Gasteiger partial charge < -0.3 is 15.0 Å². The molecule has 2 amide bonds. The van der Waals surface area contributed by atoms with E-state index in [-0.39, 0.29) is 17.7 Å². The Bertz CT molecular complexity index is 731. The number of hydrogen-bond donors (Lipinski definition) is 1. The van der Waals surface area contributed by atoms with Crippen molar-refractivity contribution in [2.45, 2.75) is 12.8 Å². The highest BCUT2D eigenvalue weighted by molar-refractivity contribution is 5.96. The van der Waals surface area contributed by atoms with Crippen molar-refractivity contribution < 1.29 is 14.3 Å². The van der Waals surface area contributed by atoms with Gasteiger partial charge in [-0.05, 0) is 31.0 Å². The molecule has 1 atom stereocenters. The molecular weight excluding hydrogens is 318 g/mol. The van der Waals surface area contributed by atoms with E-state index < -0.39 is 0 Å². The second-order valence-corrected chi connectivity index (χ2v) is 6.03. The maximum atomic E-state index is 12.6. The number of para-hydroxylation sites is 1. The SMILES string of the molecule is COc1ccc(C(=O)N2CCCC(C(=O)Nc3ccccc3)C2)cn1. The number of nitrogens with zero attached hydrogens (tertiary/aromatic N) is 2. The predicted octanol–water partition coefficient (Wildman–Crippen LogP) is 2.58. The summed E-state index contributed by atoms with van der Waals surface area (Å²) in [6.45, 7) is 1.07. The summed E-state index contributed by atoms with van der Waals surface area (Å²) in [6.07, 6.45) is 3.10. The summed E-state index contributed by atoms with van der Waals surface area (Å²) < 4.78 is 5.01. The number of amides is 2. The first-order valence-corrected chi connectivity index (χ1v) is 8.32. The number of likely N-dealkylation sites (tertiary alicyclic amines) is 1. The van der Waals surface area contributed by atoms with Crippen molar-refractivity contribution >= 4 is 17.5 Å². The third kappa shape index (κ3) is 4.15. The van der Waals surface area contributed by atoms with Crippen LogP contribution in [-0.2, 0) is 4.79 Å². The number of carbonyl (C=O) groups excluding carboxylic acids is 2. The topological polar surface area (TPSA) is 71.5 Å². The van der Waals surface area contributed by atoms with Crippen LogP contribution in [0.1, 0.15) is 23.2 Å². The lowest BCUT2D eigenvalue weighted by Crippen LogP contribution is -2.43. The van der Waals surface area contributed by atoms with Crippen LogP contribution in [0.2, 0.25) is 0 Å². The van der Waals surface area contributed by atoms with Crippen molar-refractivity contribution in [1.29, 1.82) is 0 Å². The molecule has 1 aliphatic rings. The summed E-state index contributed by atoms with van der Waals surface area (Å²) in [7, 11) is 1.53. The Balaban J connectivity index is 1.63. The van der Waals surface area contributed by atoms with Crippen molar-refractivity contribution in [2.24, 2.45) is 5.92 Å². The first-order valence-electron chi connectivity index (χ1n) is 8.32. The largest absolute Gasteiger partial charge is 0.481 e. The molecule has 3 rings (SSSR count). The summed E-state index contributed by atoms with van der Waals surface area (Å²) in [5, 5.41) is 2.92. The Kier molecular flexibility index (Phi) is 5.28. The van der Waals surface area contributed by atoms with Gasteiger partial charge in [-0.3, -0.25) is 9.59 Å².